The molecule has 1 heterocycles. The van der Waals surface area contributed by atoms with Crippen molar-refractivity contribution in [3.63, 3.8) is 0 Å². The van der Waals surface area contributed by atoms with Crippen LogP contribution in [0.1, 0.15) is 11.3 Å². The van der Waals surface area contributed by atoms with Gasteiger partial charge >= 0.3 is 6.18 Å². The molecule has 0 N–H and O–H groups in total. The summed E-state index contributed by atoms with van der Waals surface area (Å²) in [4.78, 5) is 0. The Morgan fingerprint density at radius 1 is 1.41 bits per heavy atom. The van der Waals surface area contributed by atoms with Crippen LogP contribution >= 0.6 is 28.4 Å². The average molecular weight is 369 g/mol. The SMILES string of the molecule is N#Cc1ccc2c(c1)c(C(F)(F)F)nn2PI. The monoisotopic (exact) mass is 369 g/mol. The Balaban J connectivity index is 2.80. The van der Waals surface area contributed by atoms with Crippen LogP contribution in [0.4, 0.5) is 13.2 Å². The molecule has 0 saturated heterocycles. The summed E-state index contributed by atoms with van der Waals surface area (Å²) in [5.74, 6) is 0. The maximum atomic E-state index is 12.7. The normalized spacial score (nSPS) is 12.4. The van der Waals surface area contributed by atoms with Crippen molar-refractivity contribution in [3.05, 3.63) is 29.5 Å². The molecular weight excluding hydrogens is 365 g/mol. The van der Waals surface area contributed by atoms with Gasteiger partial charge in [0.2, 0.25) is 0 Å². The highest BCUT2D eigenvalue weighted by Crippen LogP contribution is 2.38. The molecule has 0 amide bonds. The zero-order chi connectivity index (χ0) is 12.6. The van der Waals surface area contributed by atoms with E-state index in [1.54, 1.807) is 0 Å². The fourth-order valence-electron chi connectivity index (χ4n) is 1.46. The van der Waals surface area contributed by atoms with Gasteiger partial charge in [0, 0.05) is 5.39 Å². The zero-order valence-corrected chi connectivity index (χ0v) is 11.2. The molecule has 2 rings (SSSR count). The molecule has 17 heavy (non-hydrogen) atoms. The molecule has 1 aromatic heterocycles. The summed E-state index contributed by atoms with van der Waals surface area (Å²) < 4.78 is 39.5. The minimum atomic E-state index is -4.51. The topological polar surface area (TPSA) is 41.6 Å². The standard InChI is InChI=1S/C9H4F3IN3P/c10-9(11,12)8-6-3-5(4-14)1-2-7(6)16(15-8)17-13/h1-3,17H. The Bertz CT molecular complexity index is 614. The molecule has 0 radical (unpaired) electrons. The van der Waals surface area contributed by atoms with Gasteiger partial charge in [-0.25, -0.2) is 4.45 Å². The molecule has 1 aromatic carbocycles. The molecule has 0 aliphatic heterocycles. The van der Waals surface area contributed by atoms with E-state index in [1.165, 1.54) is 22.7 Å². The highest BCUT2D eigenvalue weighted by atomic mass is 127. The first kappa shape index (κ1) is 12.6. The number of rotatable bonds is 1. The van der Waals surface area contributed by atoms with Gasteiger partial charge in [0.15, 0.2) is 5.69 Å². The number of hydrogen-bond donors (Lipinski definition) is 0. The fourth-order valence-corrected chi connectivity index (χ4v) is 2.99. The second-order valence-corrected chi connectivity index (χ2v) is 5.23. The third kappa shape index (κ3) is 2.24. The van der Waals surface area contributed by atoms with Crippen molar-refractivity contribution < 1.29 is 13.2 Å². The molecule has 0 fully saturated rings. The van der Waals surface area contributed by atoms with Gasteiger partial charge in [0.25, 0.3) is 0 Å². The lowest BCUT2D eigenvalue weighted by Gasteiger charge is -2.01. The summed E-state index contributed by atoms with van der Waals surface area (Å²) >= 11 is 1.96. The van der Waals surface area contributed by atoms with E-state index in [0.29, 0.717) is 5.52 Å². The quantitative estimate of drug-likeness (QED) is 0.568. The van der Waals surface area contributed by atoms with Crippen LogP contribution in [0.25, 0.3) is 10.9 Å². The van der Waals surface area contributed by atoms with Crippen LogP contribution in [0.2, 0.25) is 0 Å². The predicted octanol–water partition coefficient (Wildman–Crippen LogP) is 3.72. The van der Waals surface area contributed by atoms with Crippen LogP contribution in [-0.4, -0.2) is 9.55 Å². The van der Waals surface area contributed by atoms with Crippen LogP contribution in [0.5, 0.6) is 0 Å². The first-order chi connectivity index (χ1) is 7.97. The molecule has 0 spiro atoms. The van der Waals surface area contributed by atoms with E-state index in [-0.39, 0.29) is 17.3 Å². The second kappa shape index (κ2) is 4.42. The van der Waals surface area contributed by atoms with Crippen molar-refractivity contribution in [3.8, 4) is 6.07 Å². The van der Waals surface area contributed by atoms with E-state index < -0.39 is 11.9 Å². The summed E-state index contributed by atoms with van der Waals surface area (Å²) in [5, 5.41) is 12.2. The highest BCUT2D eigenvalue weighted by Gasteiger charge is 2.36. The van der Waals surface area contributed by atoms with Crippen LogP contribution in [0.15, 0.2) is 18.2 Å². The van der Waals surface area contributed by atoms with Gasteiger partial charge in [0.1, 0.15) is 0 Å². The molecule has 3 nitrogen and oxygen atoms in total. The van der Waals surface area contributed by atoms with E-state index in [1.807, 2.05) is 28.1 Å². The van der Waals surface area contributed by atoms with Crippen molar-refractivity contribution in [1.82, 2.24) is 9.55 Å². The Kier molecular flexibility index (Phi) is 3.27. The average Bonchev–Trinajstić information content (AvgIpc) is 2.66. The highest BCUT2D eigenvalue weighted by molar-refractivity contribution is 14.2. The van der Waals surface area contributed by atoms with Crippen LogP contribution in [0.3, 0.4) is 0 Å². The smallest absolute Gasteiger partial charge is 0.237 e. The summed E-state index contributed by atoms with van der Waals surface area (Å²) in [6.07, 6.45) is -4.43. The predicted molar refractivity (Wildman–Crippen MR) is 67.2 cm³/mol. The Morgan fingerprint density at radius 3 is 2.65 bits per heavy atom. The molecule has 2 aromatic rings. The van der Waals surface area contributed by atoms with Crippen LogP contribution in [0, 0.1) is 11.3 Å². The number of hydrogen-bond acceptors (Lipinski definition) is 2. The molecule has 88 valence electrons. The van der Waals surface area contributed by atoms with Gasteiger partial charge in [-0.2, -0.15) is 23.5 Å². The van der Waals surface area contributed by atoms with Crippen LogP contribution in [-0.2, 0) is 6.18 Å². The molecule has 0 aliphatic rings. The number of benzene rings is 1. The number of halogens is 4. The lowest BCUT2D eigenvalue weighted by molar-refractivity contribution is -0.140. The summed E-state index contributed by atoms with van der Waals surface area (Å²) in [6.45, 7) is 0. The Labute approximate surface area is 109 Å². The first-order valence-electron chi connectivity index (χ1n) is 4.34. The van der Waals surface area contributed by atoms with Crippen molar-refractivity contribution >= 4 is 39.3 Å². The van der Waals surface area contributed by atoms with Crippen molar-refractivity contribution in [2.45, 2.75) is 6.18 Å². The van der Waals surface area contributed by atoms with Crippen molar-refractivity contribution in [1.29, 1.82) is 5.26 Å². The van der Waals surface area contributed by atoms with Gasteiger partial charge < -0.3 is 0 Å². The van der Waals surface area contributed by atoms with E-state index in [0.717, 1.165) is 0 Å². The molecule has 1 atom stereocenters. The van der Waals surface area contributed by atoms with E-state index in [9.17, 15) is 13.2 Å². The lowest BCUT2D eigenvalue weighted by Crippen LogP contribution is -2.06. The maximum absolute atomic E-state index is 12.7. The molecule has 0 saturated carbocycles. The second-order valence-electron chi connectivity index (χ2n) is 3.19. The van der Waals surface area contributed by atoms with Crippen LogP contribution < -0.4 is 0 Å². The summed E-state index contributed by atoms with van der Waals surface area (Å²) in [7, 11) is 0. The van der Waals surface area contributed by atoms with Gasteiger partial charge in [-0.1, -0.05) is 0 Å². The summed E-state index contributed by atoms with van der Waals surface area (Å²) in [6, 6.07) is 6.01. The van der Waals surface area contributed by atoms with E-state index in [2.05, 4.69) is 5.10 Å². The third-order valence-electron chi connectivity index (χ3n) is 2.16. The van der Waals surface area contributed by atoms with Gasteiger partial charge in [-0.15, -0.1) is 0 Å². The lowest BCUT2D eigenvalue weighted by atomic mass is 10.1. The minimum Gasteiger partial charge on any atom is -0.237 e. The number of alkyl halides is 3. The van der Waals surface area contributed by atoms with E-state index >= 15 is 0 Å². The molecule has 1 unspecified atom stereocenters. The number of nitrogens with zero attached hydrogens (tertiary/aromatic N) is 3. The molecule has 0 aliphatic carbocycles. The van der Waals surface area contributed by atoms with E-state index in [4.69, 9.17) is 5.26 Å². The minimum absolute atomic E-state index is 0.0271. The number of nitriles is 1. The van der Waals surface area contributed by atoms with Gasteiger partial charge in [-0.3, -0.25) is 0 Å². The molecule has 0 bridgehead atoms. The largest absolute Gasteiger partial charge is 0.435 e. The maximum Gasteiger partial charge on any atom is 0.435 e. The van der Waals surface area contributed by atoms with Gasteiger partial charge in [-0.05, 0) is 40.2 Å². The summed E-state index contributed by atoms with van der Waals surface area (Å²) in [5.41, 5.74) is -0.350. The number of aromatic nitrogens is 2. The fraction of sp³-hybridized carbons (Fsp3) is 0.111. The molecule has 8 heteroatoms. The third-order valence-corrected chi connectivity index (χ3v) is 4.03. The first-order valence-corrected chi connectivity index (χ1v) is 8.40. The van der Waals surface area contributed by atoms with Crippen molar-refractivity contribution in [2.24, 2.45) is 0 Å². The number of fused-ring (bicyclic) bond motifs is 1. The van der Waals surface area contributed by atoms with Crippen molar-refractivity contribution in [2.75, 3.05) is 0 Å². The van der Waals surface area contributed by atoms with Gasteiger partial charge in [0.05, 0.1) is 23.5 Å². The Hall–Kier alpha value is -0.870. The Morgan fingerprint density at radius 2 is 2.12 bits per heavy atom. The zero-order valence-electron chi connectivity index (χ0n) is 8.09. The molecular formula is C9H4F3IN3P.